The second-order valence-corrected chi connectivity index (χ2v) is 5.92. The summed E-state index contributed by atoms with van der Waals surface area (Å²) in [5.74, 6) is 1.72. The summed E-state index contributed by atoms with van der Waals surface area (Å²) >= 11 is 0. The van der Waals surface area contributed by atoms with Gasteiger partial charge in [-0.15, -0.1) is 0 Å². The molecule has 0 aliphatic rings. The van der Waals surface area contributed by atoms with Gasteiger partial charge in [0.2, 0.25) is 0 Å². The minimum Gasteiger partial charge on any atom is -0.497 e. The molecule has 0 fully saturated rings. The van der Waals surface area contributed by atoms with Gasteiger partial charge in [0.1, 0.15) is 29.6 Å². The van der Waals surface area contributed by atoms with Gasteiger partial charge in [-0.1, -0.05) is 30.3 Å². The zero-order chi connectivity index (χ0) is 19.2. The number of para-hydroxylation sites is 1. The van der Waals surface area contributed by atoms with Crippen molar-refractivity contribution < 1.29 is 23.8 Å². The van der Waals surface area contributed by atoms with E-state index in [0.29, 0.717) is 18.1 Å². The predicted octanol–water partition coefficient (Wildman–Crippen LogP) is 4.94. The van der Waals surface area contributed by atoms with Crippen LogP contribution in [0.5, 0.6) is 11.5 Å². The van der Waals surface area contributed by atoms with E-state index in [-0.39, 0.29) is 0 Å². The molecule has 0 bridgehead atoms. The van der Waals surface area contributed by atoms with Crippen molar-refractivity contribution in [2.75, 3.05) is 7.11 Å². The van der Waals surface area contributed by atoms with Gasteiger partial charge in [0, 0.05) is 17.2 Å². The van der Waals surface area contributed by atoms with Gasteiger partial charge < -0.3 is 19.0 Å². The first kappa shape index (κ1) is 18.3. The quantitative estimate of drug-likeness (QED) is 0.601. The summed E-state index contributed by atoms with van der Waals surface area (Å²) in [5.41, 5.74) is 2.87. The molecule has 0 aliphatic carbocycles. The van der Waals surface area contributed by atoms with Crippen molar-refractivity contribution in [3.8, 4) is 22.6 Å². The van der Waals surface area contributed by atoms with E-state index < -0.39 is 5.97 Å². The maximum Gasteiger partial charge on any atom is 0.328 e. The number of carboxylic acids is 1. The van der Waals surface area contributed by atoms with Crippen LogP contribution in [0.2, 0.25) is 0 Å². The second-order valence-electron chi connectivity index (χ2n) is 5.92. The van der Waals surface area contributed by atoms with E-state index in [1.807, 2.05) is 55.5 Å². The second kappa shape index (κ2) is 8.27. The molecular formula is C22H20O5. The molecule has 3 rings (SSSR count). The highest BCUT2D eigenvalue weighted by atomic mass is 16.5. The minimum atomic E-state index is -1.02. The summed E-state index contributed by atoms with van der Waals surface area (Å²) in [6.07, 6.45) is 2.46. The van der Waals surface area contributed by atoms with Gasteiger partial charge in [-0.25, -0.2) is 4.79 Å². The van der Waals surface area contributed by atoms with Crippen LogP contribution in [0.15, 0.2) is 65.1 Å². The molecule has 1 N–H and O–H groups in total. The zero-order valence-electron chi connectivity index (χ0n) is 15.1. The van der Waals surface area contributed by atoms with E-state index in [2.05, 4.69) is 0 Å². The van der Waals surface area contributed by atoms with E-state index in [0.717, 1.165) is 34.3 Å². The number of aryl methyl sites for hydroxylation is 1. The van der Waals surface area contributed by atoms with Crippen molar-refractivity contribution in [3.63, 3.8) is 0 Å². The summed E-state index contributed by atoms with van der Waals surface area (Å²) in [6, 6.07) is 17.4. The average Bonchev–Trinajstić information content (AvgIpc) is 3.05. The fraction of sp³-hybridized carbons (Fsp3) is 0.136. The van der Waals surface area contributed by atoms with Gasteiger partial charge in [-0.2, -0.15) is 0 Å². The summed E-state index contributed by atoms with van der Waals surface area (Å²) in [6.45, 7) is 2.15. The number of aliphatic carboxylic acids is 1. The summed E-state index contributed by atoms with van der Waals surface area (Å²) in [4.78, 5) is 10.6. The lowest BCUT2D eigenvalue weighted by molar-refractivity contribution is -0.131. The summed E-state index contributed by atoms with van der Waals surface area (Å²) in [7, 11) is 1.64. The van der Waals surface area contributed by atoms with E-state index in [4.69, 9.17) is 19.0 Å². The Labute approximate surface area is 157 Å². The maximum absolute atomic E-state index is 10.6. The van der Waals surface area contributed by atoms with Gasteiger partial charge in [0.15, 0.2) is 0 Å². The molecule has 5 heteroatoms. The van der Waals surface area contributed by atoms with Crippen molar-refractivity contribution in [2.24, 2.45) is 0 Å². The molecule has 0 atom stereocenters. The number of ether oxygens (including phenoxy) is 2. The molecule has 0 radical (unpaired) electrons. The smallest absolute Gasteiger partial charge is 0.328 e. The first-order valence-corrected chi connectivity index (χ1v) is 8.43. The van der Waals surface area contributed by atoms with Gasteiger partial charge in [-0.3, -0.25) is 0 Å². The van der Waals surface area contributed by atoms with Gasteiger partial charge >= 0.3 is 5.97 Å². The van der Waals surface area contributed by atoms with Crippen molar-refractivity contribution in [3.05, 3.63) is 77.8 Å². The SMILES string of the molecule is COc1ccc(-c2ccccc2OCc2cc(C=CC(=O)O)oc2C)cc1. The Kier molecular flexibility index (Phi) is 5.61. The van der Waals surface area contributed by atoms with Crippen LogP contribution in [0.3, 0.4) is 0 Å². The van der Waals surface area contributed by atoms with Crippen LogP contribution < -0.4 is 9.47 Å². The van der Waals surface area contributed by atoms with Crippen molar-refractivity contribution >= 4 is 12.0 Å². The van der Waals surface area contributed by atoms with Crippen molar-refractivity contribution in [1.29, 1.82) is 0 Å². The molecule has 0 saturated heterocycles. The molecule has 138 valence electrons. The fourth-order valence-electron chi connectivity index (χ4n) is 2.68. The Morgan fingerprint density at radius 3 is 2.59 bits per heavy atom. The third-order valence-electron chi connectivity index (χ3n) is 4.10. The predicted molar refractivity (Wildman–Crippen MR) is 103 cm³/mol. The topological polar surface area (TPSA) is 68.9 Å². The van der Waals surface area contributed by atoms with Gasteiger partial charge in [0.05, 0.1) is 7.11 Å². The normalized spacial score (nSPS) is 10.9. The number of furan rings is 1. The van der Waals surface area contributed by atoms with Crippen LogP contribution in [0.1, 0.15) is 17.1 Å². The van der Waals surface area contributed by atoms with E-state index in [9.17, 15) is 4.79 Å². The molecule has 0 amide bonds. The number of methoxy groups -OCH3 is 1. The van der Waals surface area contributed by atoms with E-state index in [1.165, 1.54) is 6.08 Å². The third kappa shape index (κ3) is 4.58. The average molecular weight is 364 g/mol. The van der Waals surface area contributed by atoms with Crippen LogP contribution in [0.4, 0.5) is 0 Å². The monoisotopic (exact) mass is 364 g/mol. The Hall–Kier alpha value is -3.47. The highest BCUT2D eigenvalue weighted by Gasteiger charge is 2.10. The number of rotatable bonds is 7. The highest BCUT2D eigenvalue weighted by molar-refractivity contribution is 5.84. The Bertz CT molecular complexity index is 951. The lowest BCUT2D eigenvalue weighted by Crippen LogP contribution is -1.97. The van der Waals surface area contributed by atoms with Crippen LogP contribution >= 0.6 is 0 Å². The minimum absolute atomic E-state index is 0.323. The van der Waals surface area contributed by atoms with Crippen LogP contribution in [0, 0.1) is 6.92 Å². The van der Waals surface area contributed by atoms with Gasteiger partial charge in [-0.05, 0) is 42.8 Å². The number of carboxylic acid groups (broad SMARTS) is 1. The van der Waals surface area contributed by atoms with E-state index >= 15 is 0 Å². The third-order valence-corrected chi connectivity index (χ3v) is 4.10. The molecule has 0 saturated carbocycles. The molecule has 2 aromatic carbocycles. The van der Waals surface area contributed by atoms with Crippen LogP contribution in [0.25, 0.3) is 17.2 Å². The first-order valence-electron chi connectivity index (χ1n) is 8.43. The molecule has 1 aromatic heterocycles. The molecule has 27 heavy (non-hydrogen) atoms. The molecule has 1 heterocycles. The molecule has 0 aliphatic heterocycles. The lowest BCUT2D eigenvalue weighted by atomic mass is 10.0. The van der Waals surface area contributed by atoms with Gasteiger partial charge in [0.25, 0.3) is 0 Å². The molecule has 3 aromatic rings. The molecule has 0 unspecified atom stereocenters. The maximum atomic E-state index is 10.6. The fourth-order valence-corrected chi connectivity index (χ4v) is 2.68. The highest BCUT2D eigenvalue weighted by Crippen LogP contribution is 2.32. The Morgan fingerprint density at radius 1 is 1.15 bits per heavy atom. The number of hydrogen-bond donors (Lipinski definition) is 1. The first-order chi connectivity index (χ1) is 13.1. The standard InChI is InChI=1S/C22H20O5/c1-15-17(13-19(27-15)11-12-22(23)24)14-26-21-6-4-3-5-20(21)16-7-9-18(25-2)10-8-16/h3-13H,14H2,1-2H3,(H,23,24). The summed E-state index contributed by atoms with van der Waals surface area (Å²) in [5, 5.41) is 8.71. The number of benzene rings is 2. The number of carbonyl (C=O) groups is 1. The largest absolute Gasteiger partial charge is 0.497 e. The molecular weight excluding hydrogens is 344 g/mol. The van der Waals surface area contributed by atoms with Crippen molar-refractivity contribution in [1.82, 2.24) is 0 Å². The van der Waals surface area contributed by atoms with Crippen LogP contribution in [-0.4, -0.2) is 18.2 Å². The Morgan fingerprint density at radius 2 is 1.89 bits per heavy atom. The van der Waals surface area contributed by atoms with Crippen LogP contribution in [-0.2, 0) is 11.4 Å². The Balaban J connectivity index is 1.78. The van der Waals surface area contributed by atoms with Crippen molar-refractivity contribution in [2.45, 2.75) is 13.5 Å². The number of hydrogen-bond acceptors (Lipinski definition) is 4. The zero-order valence-corrected chi connectivity index (χ0v) is 15.1. The molecule has 5 nitrogen and oxygen atoms in total. The summed E-state index contributed by atoms with van der Waals surface area (Å²) < 4.78 is 16.8. The van der Waals surface area contributed by atoms with E-state index in [1.54, 1.807) is 13.2 Å². The molecule has 0 spiro atoms. The lowest BCUT2D eigenvalue weighted by Gasteiger charge is -2.12.